The first kappa shape index (κ1) is 14.0. The van der Waals surface area contributed by atoms with Gasteiger partial charge in [0.05, 0.1) is 6.33 Å². The number of aryl methyl sites for hydroxylation is 1. The van der Waals surface area contributed by atoms with Crippen LogP contribution in [-0.4, -0.2) is 32.1 Å². The van der Waals surface area contributed by atoms with Gasteiger partial charge in [0.15, 0.2) is 11.5 Å². The van der Waals surface area contributed by atoms with Crippen LogP contribution in [0.1, 0.15) is 16.9 Å². The first-order valence-corrected chi connectivity index (χ1v) is 6.94. The first-order valence-electron chi connectivity index (χ1n) is 6.94. The van der Waals surface area contributed by atoms with E-state index < -0.39 is 0 Å². The molecule has 0 bridgehead atoms. The third kappa shape index (κ3) is 3.38. The Hall–Kier alpha value is -2.96. The van der Waals surface area contributed by atoms with Gasteiger partial charge in [0.25, 0.3) is 5.91 Å². The van der Waals surface area contributed by atoms with Crippen molar-refractivity contribution < 1.29 is 9.32 Å². The fraction of sp³-hybridized carbons (Fsp3) is 0.200. The number of pyridine rings is 1. The molecule has 3 aromatic heterocycles. The van der Waals surface area contributed by atoms with Crippen LogP contribution in [0.3, 0.4) is 0 Å². The molecule has 0 unspecified atom stereocenters. The minimum atomic E-state index is -0.241. The number of carbonyl (C=O) groups excluding carboxylic acids is 1. The number of nitrogens with zero attached hydrogens (tertiary/aromatic N) is 4. The van der Waals surface area contributed by atoms with E-state index in [-0.39, 0.29) is 11.6 Å². The van der Waals surface area contributed by atoms with Crippen molar-refractivity contribution in [2.24, 2.45) is 0 Å². The molecule has 0 atom stereocenters. The molecule has 0 saturated carbocycles. The van der Waals surface area contributed by atoms with Gasteiger partial charge in [0.2, 0.25) is 0 Å². The summed E-state index contributed by atoms with van der Waals surface area (Å²) in [7, 11) is 0. The van der Waals surface area contributed by atoms with E-state index in [0.717, 1.165) is 18.5 Å². The predicted octanol–water partition coefficient (Wildman–Crippen LogP) is 1.75. The smallest absolute Gasteiger partial charge is 0.273 e. The summed E-state index contributed by atoms with van der Waals surface area (Å²) in [5, 5.41) is 6.62. The van der Waals surface area contributed by atoms with Crippen LogP contribution in [0.15, 0.2) is 53.8 Å². The molecule has 1 N–H and O–H groups in total. The molecule has 0 aromatic carbocycles. The SMILES string of the molecule is O=C(NCCCn1ccnc1)c1cc(-c2ccncc2)on1. The fourth-order valence-electron chi connectivity index (χ4n) is 2.01. The lowest BCUT2D eigenvalue weighted by atomic mass is 10.2. The number of nitrogens with one attached hydrogen (secondary N) is 1. The van der Waals surface area contributed by atoms with Crippen LogP contribution in [0.2, 0.25) is 0 Å². The van der Waals surface area contributed by atoms with Crippen LogP contribution in [0.4, 0.5) is 0 Å². The Bertz CT molecular complexity index is 721. The largest absolute Gasteiger partial charge is 0.355 e. The zero-order chi connectivity index (χ0) is 15.2. The van der Waals surface area contributed by atoms with Gasteiger partial charge in [0, 0.05) is 49.5 Å². The second-order valence-corrected chi connectivity index (χ2v) is 4.72. The lowest BCUT2D eigenvalue weighted by molar-refractivity contribution is 0.0944. The standard InChI is InChI=1S/C15H15N5O2/c21-15(18-4-1-8-20-9-7-17-11-20)13-10-14(22-19-13)12-2-5-16-6-3-12/h2-3,5-7,9-11H,1,4,8H2,(H,18,21). The maximum absolute atomic E-state index is 12.0. The number of hydrogen-bond acceptors (Lipinski definition) is 5. The summed E-state index contributed by atoms with van der Waals surface area (Å²) in [6.07, 6.45) is 9.51. The predicted molar refractivity (Wildman–Crippen MR) is 78.9 cm³/mol. The summed E-state index contributed by atoms with van der Waals surface area (Å²) in [6, 6.07) is 5.22. The highest BCUT2D eigenvalue weighted by Gasteiger charge is 2.12. The van der Waals surface area contributed by atoms with Crippen molar-refractivity contribution in [2.75, 3.05) is 6.54 Å². The Morgan fingerprint density at radius 2 is 2.09 bits per heavy atom. The van der Waals surface area contributed by atoms with Crippen LogP contribution in [0.5, 0.6) is 0 Å². The third-order valence-electron chi connectivity index (χ3n) is 3.15. The molecule has 3 aromatic rings. The summed E-state index contributed by atoms with van der Waals surface area (Å²) < 4.78 is 7.15. The molecule has 7 heteroatoms. The monoisotopic (exact) mass is 297 g/mol. The Morgan fingerprint density at radius 1 is 1.23 bits per heavy atom. The van der Waals surface area contributed by atoms with Gasteiger partial charge in [-0.25, -0.2) is 4.98 Å². The van der Waals surface area contributed by atoms with Gasteiger partial charge >= 0.3 is 0 Å². The van der Waals surface area contributed by atoms with Crippen molar-refractivity contribution in [3.05, 3.63) is 55.0 Å². The van der Waals surface area contributed by atoms with Crippen molar-refractivity contribution >= 4 is 5.91 Å². The van der Waals surface area contributed by atoms with Crippen LogP contribution < -0.4 is 5.32 Å². The van der Waals surface area contributed by atoms with E-state index in [9.17, 15) is 4.79 Å². The topological polar surface area (TPSA) is 85.8 Å². The molecule has 0 aliphatic carbocycles. The lowest BCUT2D eigenvalue weighted by Gasteiger charge is -2.03. The van der Waals surface area contributed by atoms with Crippen molar-refractivity contribution in [3.63, 3.8) is 0 Å². The Labute approximate surface area is 127 Å². The molecule has 0 aliphatic rings. The molecule has 7 nitrogen and oxygen atoms in total. The molecule has 0 saturated heterocycles. The quantitative estimate of drug-likeness (QED) is 0.701. The number of hydrogen-bond donors (Lipinski definition) is 1. The number of carbonyl (C=O) groups is 1. The minimum absolute atomic E-state index is 0.241. The third-order valence-corrected chi connectivity index (χ3v) is 3.15. The van der Waals surface area contributed by atoms with Crippen LogP contribution in [-0.2, 0) is 6.54 Å². The van der Waals surface area contributed by atoms with E-state index in [1.54, 1.807) is 43.1 Å². The number of amides is 1. The van der Waals surface area contributed by atoms with Crippen molar-refractivity contribution in [1.29, 1.82) is 0 Å². The fourth-order valence-corrected chi connectivity index (χ4v) is 2.01. The van der Waals surface area contributed by atoms with E-state index in [2.05, 4.69) is 20.4 Å². The van der Waals surface area contributed by atoms with Gasteiger partial charge in [-0.05, 0) is 18.6 Å². The van der Waals surface area contributed by atoms with Gasteiger partial charge < -0.3 is 14.4 Å². The molecule has 112 valence electrons. The summed E-state index contributed by atoms with van der Waals surface area (Å²) in [6.45, 7) is 1.37. The molecular formula is C15H15N5O2. The average Bonchev–Trinajstić information content (AvgIpc) is 3.24. The number of rotatable bonds is 6. The lowest BCUT2D eigenvalue weighted by Crippen LogP contribution is -2.25. The Kier molecular flexibility index (Phi) is 4.24. The Balaban J connectivity index is 1.51. The highest BCUT2D eigenvalue weighted by atomic mass is 16.5. The van der Waals surface area contributed by atoms with E-state index in [4.69, 9.17) is 4.52 Å². The summed E-state index contributed by atoms with van der Waals surface area (Å²) in [5.74, 6) is 0.306. The molecule has 0 fully saturated rings. The van der Waals surface area contributed by atoms with Crippen molar-refractivity contribution in [3.8, 4) is 11.3 Å². The van der Waals surface area contributed by atoms with Crippen LogP contribution >= 0.6 is 0 Å². The summed E-state index contributed by atoms with van der Waals surface area (Å²) >= 11 is 0. The highest BCUT2D eigenvalue weighted by molar-refractivity contribution is 5.93. The number of imidazole rings is 1. The molecule has 0 spiro atoms. The van der Waals surface area contributed by atoms with Crippen molar-refractivity contribution in [1.82, 2.24) is 25.0 Å². The van der Waals surface area contributed by atoms with E-state index >= 15 is 0 Å². The second kappa shape index (κ2) is 6.66. The molecule has 0 aliphatic heterocycles. The van der Waals surface area contributed by atoms with Gasteiger partial charge in [-0.1, -0.05) is 5.16 Å². The zero-order valence-corrected chi connectivity index (χ0v) is 11.8. The second-order valence-electron chi connectivity index (χ2n) is 4.72. The molecular weight excluding hydrogens is 282 g/mol. The Morgan fingerprint density at radius 3 is 2.86 bits per heavy atom. The van der Waals surface area contributed by atoms with E-state index in [0.29, 0.717) is 12.3 Å². The van der Waals surface area contributed by atoms with Gasteiger partial charge in [-0.2, -0.15) is 0 Å². The van der Waals surface area contributed by atoms with Gasteiger partial charge in [0.1, 0.15) is 0 Å². The average molecular weight is 297 g/mol. The van der Waals surface area contributed by atoms with Crippen LogP contribution in [0, 0.1) is 0 Å². The molecule has 3 rings (SSSR count). The zero-order valence-electron chi connectivity index (χ0n) is 11.8. The molecule has 0 radical (unpaired) electrons. The molecule has 22 heavy (non-hydrogen) atoms. The summed E-state index contributed by atoms with van der Waals surface area (Å²) in [5.41, 5.74) is 1.11. The number of aromatic nitrogens is 4. The molecule has 1 amide bonds. The van der Waals surface area contributed by atoms with E-state index in [1.165, 1.54) is 0 Å². The maximum Gasteiger partial charge on any atom is 0.273 e. The normalized spacial score (nSPS) is 10.5. The van der Waals surface area contributed by atoms with E-state index in [1.807, 2.05) is 10.8 Å². The summed E-state index contributed by atoms with van der Waals surface area (Å²) in [4.78, 5) is 19.9. The first-order chi connectivity index (χ1) is 10.8. The van der Waals surface area contributed by atoms with Crippen LogP contribution in [0.25, 0.3) is 11.3 Å². The van der Waals surface area contributed by atoms with Gasteiger partial charge in [-0.3, -0.25) is 9.78 Å². The van der Waals surface area contributed by atoms with Crippen molar-refractivity contribution in [2.45, 2.75) is 13.0 Å². The molecule has 3 heterocycles. The highest BCUT2D eigenvalue weighted by Crippen LogP contribution is 2.18. The minimum Gasteiger partial charge on any atom is -0.355 e. The maximum atomic E-state index is 12.0. The van der Waals surface area contributed by atoms with Gasteiger partial charge in [-0.15, -0.1) is 0 Å².